The number of rotatable bonds is 5. The predicted molar refractivity (Wildman–Crippen MR) is 82.6 cm³/mol. The average Bonchev–Trinajstić information content (AvgIpc) is 2.52. The van der Waals surface area contributed by atoms with Gasteiger partial charge in [-0.2, -0.15) is 0 Å². The third kappa shape index (κ3) is 4.46. The van der Waals surface area contributed by atoms with E-state index in [-0.39, 0.29) is 12.0 Å². The highest BCUT2D eigenvalue weighted by atomic mass is 16.5. The minimum atomic E-state index is -0.0426. The van der Waals surface area contributed by atoms with Gasteiger partial charge >= 0.3 is 0 Å². The number of ether oxygens (including phenoxy) is 2. The van der Waals surface area contributed by atoms with Crippen molar-refractivity contribution in [3.8, 4) is 5.75 Å². The fourth-order valence-corrected chi connectivity index (χ4v) is 2.41. The van der Waals surface area contributed by atoms with Gasteiger partial charge in [0.1, 0.15) is 18.5 Å². The summed E-state index contributed by atoms with van der Waals surface area (Å²) in [5.74, 6) is 1.56. The second-order valence-corrected chi connectivity index (χ2v) is 5.72. The van der Waals surface area contributed by atoms with Gasteiger partial charge in [0.15, 0.2) is 0 Å². The first-order valence-electron chi connectivity index (χ1n) is 7.72. The van der Waals surface area contributed by atoms with Crippen LogP contribution in [0.2, 0.25) is 0 Å². The van der Waals surface area contributed by atoms with E-state index in [9.17, 15) is 4.79 Å². The zero-order chi connectivity index (χ0) is 15.2. The molecule has 0 aromatic heterocycles. The van der Waals surface area contributed by atoms with E-state index < -0.39 is 0 Å². The Morgan fingerprint density at radius 2 is 2.10 bits per heavy atom. The normalized spacial score (nSPS) is 18.9. The van der Waals surface area contributed by atoms with Crippen LogP contribution >= 0.6 is 0 Å². The molecule has 1 aliphatic rings. The first-order valence-corrected chi connectivity index (χ1v) is 7.72. The minimum Gasteiger partial charge on any atom is -0.491 e. The molecular formula is C17H25NO3. The number of carbonyl (C=O) groups excluding carboxylic acids is 1. The molecule has 1 aromatic carbocycles. The van der Waals surface area contributed by atoms with E-state index in [2.05, 4.69) is 26.0 Å². The Hall–Kier alpha value is -1.55. The van der Waals surface area contributed by atoms with Crippen molar-refractivity contribution < 1.29 is 14.3 Å². The van der Waals surface area contributed by atoms with Crippen molar-refractivity contribution >= 4 is 5.91 Å². The molecule has 1 heterocycles. The number of amides is 1. The summed E-state index contributed by atoms with van der Waals surface area (Å²) in [5, 5.41) is 0. The van der Waals surface area contributed by atoms with Gasteiger partial charge in [0.2, 0.25) is 5.91 Å². The molecule has 4 nitrogen and oxygen atoms in total. The van der Waals surface area contributed by atoms with E-state index >= 15 is 0 Å². The molecule has 4 heteroatoms. The maximum Gasteiger partial charge on any atom is 0.222 e. The summed E-state index contributed by atoms with van der Waals surface area (Å²) in [4.78, 5) is 13.6. The Balaban J connectivity index is 1.83. The summed E-state index contributed by atoms with van der Waals surface area (Å²) >= 11 is 0. The lowest BCUT2D eigenvalue weighted by Gasteiger charge is -2.32. The molecule has 0 aliphatic carbocycles. The molecule has 0 saturated carbocycles. The lowest BCUT2D eigenvalue weighted by Crippen LogP contribution is -2.47. The molecule has 1 fully saturated rings. The van der Waals surface area contributed by atoms with Gasteiger partial charge in [-0.05, 0) is 23.6 Å². The van der Waals surface area contributed by atoms with Crippen LogP contribution in [0.4, 0.5) is 0 Å². The maximum absolute atomic E-state index is 11.7. The number of morpholine rings is 1. The molecule has 2 rings (SSSR count). The van der Waals surface area contributed by atoms with Crippen molar-refractivity contribution in [2.45, 2.75) is 39.2 Å². The van der Waals surface area contributed by atoms with Crippen molar-refractivity contribution in [3.05, 3.63) is 29.8 Å². The van der Waals surface area contributed by atoms with Crippen molar-refractivity contribution in [3.63, 3.8) is 0 Å². The smallest absolute Gasteiger partial charge is 0.222 e. The third-order valence-electron chi connectivity index (χ3n) is 3.78. The minimum absolute atomic E-state index is 0.0426. The average molecular weight is 291 g/mol. The molecule has 1 unspecified atom stereocenters. The van der Waals surface area contributed by atoms with E-state index in [1.165, 1.54) is 5.56 Å². The molecular weight excluding hydrogens is 266 g/mol. The number of hydrogen-bond donors (Lipinski definition) is 0. The molecule has 1 aromatic rings. The molecule has 1 amide bonds. The molecule has 0 N–H and O–H groups in total. The SMILES string of the molecule is CCC(=O)N1CCOC(COc2ccc(C(C)C)cc2)C1. The molecule has 1 atom stereocenters. The van der Waals surface area contributed by atoms with E-state index in [4.69, 9.17) is 9.47 Å². The summed E-state index contributed by atoms with van der Waals surface area (Å²) in [6.45, 7) is 8.61. The van der Waals surface area contributed by atoms with Crippen molar-refractivity contribution in [1.82, 2.24) is 4.90 Å². The lowest BCUT2D eigenvalue weighted by atomic mass is 10.0. The lowest BCUT2D eigenvalue weighted by molar-refractivity contribution is -0.139. The van der Waals surface area contributed by atoms with E-state index in [0.717, 1.165) is 5.75 Å². The van der Waals surface area contributed by atoms with Gasteiger partial charge in [0, 0.05) is 13.0 Å². The summed E-state index contributed by atoms with van der Waals surface area (Å²) in [5.41, 5.74) is 1.30. The highest BCUT2D eigenvalue weighted by Crippen LogP contribution is 2.19. The van der Waals surface area contributed by atoms with Crippen LogP contribution in [-0.2, 0) is 9.53 Å². The highest BCUT2D eigenvalue weighted by molar-refractivity contribution is 5.75. The Morgan fingerprint density at radius 1 is 1.38 bits per heavy atom. The predicted octanol–water partition coefficient (Wildman–Crippen LogP) is 2.83. The third-order valence-corrected chi connectivity index (χ3v) is 3.78. The fraction of sp³-hybridized carbons (Fsp3) is 0.588. The van der Waals surface area contributed by atoms with Gasteiger partial charge < -0.3 is 14.4 Å². The standard InChI is InChI=1S/C17H25NO3/c1-4-17(19)18-9-10-20-16(11-18)12-21-15-7-5-14(6-8-15)13(2)3/h5-8,13,16H,4,9-12H2,1-3H3. The summed E-state index contributed by atoms with van der Waals surface area (Å²) in [7, 11) is 0. The van der Waals surface area contributed by atoms with Crippen molar-refractivity contribution in [2.75, 3.05) is 26.3 Å². The summed E-state index contributed by atoms with van der Waals surface area (Å²) in [6, 6.07) is 8.17. The second kappa shape index (κ2) is 7.46. The molecule has 0 radical (unpaired) electrons. The van der Waals surface area contributed by atoms with Crippen molar-refractivity contribution in [1.29, 1.82) is 0 Å². The monoisotopic (exact) mass is 291 g/mol. The second-order valence-electron chi connectivity index (χ2n) is 5.72. The van der Waals surface area contributed by atoms with Crippen molar-refractivity contribution in [2.24, 2.45) is 0 Å². The number of benzene rings is 1. The molecule has 1 saturated heterocycles. The van der Waals surface area contributed by atoms with E-state index in [1.807, 2.05) is 24.0 Å². The van der Waals surface area contributed by atoms with Crippen LogP contribution < -0.4 is 4.74 Å². The quantitative estimate of drug-likeness (QED) is 0.837. The molecule has 116 valence electrons. The Morgan fingerprint density at radius 3 is 2.71 bits per heavy atom. The highest BCUT2D eigenvalue weighted by Gasteiger charge is 2.23. The van der Waals surface area contributed by atoms with Gasteiger partial charge in [0.05, 0.1) is 13.2 Å². The Kier molecular flexibility index (Phi) is 5.62. The largest absolute Gasteiger partial charge is 0.491 e. The van der Waals surface area contributed by atoms with E-state index in [1.54, 1.807) is 0 Å². The first kappa shape index (κ1) is 15.8. The van der Waals surface area contributed by atoms with Crippen LogP contribution in [-0.4, -0.2) is 43.2 Å². The zero-order valence-corrected chi connectivity index (χ0v) is 13.2. The Labute approximate surface area is 127 Å². The van der Waals surface area contributed by atoms with Gasteiger partial charge in [-0.3, -0.25) is 4.79 Å². The summed E-state index contributed by atoms with van der Waals surface area (Å²) < 4.78 is 11.4. The van der Waals surface area contributed by atoms with Crippen LogP contribution in [0.25, 0.3) is 0 Å². The van der Waals surface area contributed by atoms with Crippen LogP contribution in [0.5, 0.6) is 5.75 Å². The molecule has 1 aliphatic heterocycles. The Bertz CT molecular complexity index is 456. The first-order chi connectivity index (χ1) is 10.1. The van der Waals surface area contributed by atoms with Gasteiger partial charge in [-0.15, -0.1) is 0 Å². The van der Waals surface area contributed by atoms with Crippen LogP contribution in [0.3, 0.4) is 0 Å². The molecule has 0 bridgehead atoms. The zero-order valence-electron chi connectivity index (χ0n) is 13.2. The number of carbonyl (C=O) groups is 1. The van der Waals surface area contributed by atoms with Crippen LogP contribution in [0.1, 0.15) is 38.7 Å². The van der Waals surface area contributed by atoms with E-state index in [0.29, 0.717) is 38.6 Å². The van der Waals surface area contributed by atoms with Crippen LogP contribution in [0.15, 0.2) is 24.3 Å². The fourth-order valence-electron chi connectivity index (χ4n) is 2.41. The molecule has 21 heavy (non-hydrogen) atoms. The van der Waals surface area contributed by atoms with Gasteiger partial charge in [-0.1, -0.05) is 32.9 Å². The topological polar surface area (TPSA) is 38.8 Å². The van der Waals surface area contributed by atoms with Gasteiger partial charge in [-0.25, -0.2) is 0 Å². The maximum atomic E-state index is 11.7. The van der Waals surface area contributed by atoms with Crippen LogP contribution in [0, 0.1) is 0 Å². The summed E-state index contributed by atoms with van der Waals surface area (Å²) in [6.07, 6.45) is 0.503. The van der Waals surface area contributed by atoms with Gasteiger partial charge in [0.25, 0.3) is 0 Å². The molecule has 0 spiro atoms. The number of hydrogen-bond acceptors (Lipinski definition) is 3. The number of nitrogens with zero attached hydrogens (tertiary/aromatic N) is 1.